The van der Waals surface area contributed by atoms with Crippen molar-refractivity contribution in [2.75, 3.05) is 30.9 Å². The molecule has 0 bridgehead atoms. The van der Waals surface area contributed by atoms with Crippen molar-refractivity contribution in [3.05, 3.63) is 53.5 Å². The normalized spacial score (nSPS) is 13.6. The van der Waals surface area contributed by atoms with Crippen molar-refractivity contribution < 1.29 is 4.79 Å². The SMILES string of the molecule is Cc1nc(Nc2ccc(N(C)C)cc2)cc(C(=O)NCCC2=CCCCC2)n1. The minimum atomic E-state index is -0.159. The molecule has 0 saturated carbocycles. The van der Waals surface area contributed by atoms with Crippen molar-refractivity contribution in [1.82, 2.24) is 15.3 Å². The zero-order valence-corrected chi connectivity index (χ0v) is 17.0. The molecule has 0 spiro atoms. The Labute approximate surface area is 167 Å². The number of anilines is 3. The van der Waals surface area contributed by atoms with E-state index < -0.39 is 0 Å². The quantitative estimate of drug-likeness (QED) is 0.705. The summed E-state index contributed by atoms with van der Waals surface area (Å²) in [6.07, 6.45) is 8.09. The van der Waals surface area contributed by atoms with Gasteiger partial charge in [-0.1, -0.05) is 11.6 Å². The molecule has 0 aliphatic heterocycles. The largest absolute Gasteiger partial charge is 0.378 e. The molecule has 1 heterocycles. The van der Waals surface area contributed by atoms with Crippen LogP contribution in [-0.2, 0) is 0 Å². The summed E-state index contributed by atoms with van der Waals surface area (Å²) >= 11 is 0. The van der Waals surface area contributed by atoms with E-state index in [0.717, 1.165) is 24.2 Å². The minimum Gasteiger partial charge on any atom is -0.378 e. The lowest BCUT2D eigenvalue weighted by molar-refractivity contribution is 0.0948. The third-order valence-corrected chi connectivity index (χ3v) is 4.84. The van der Waals surface area contributed by atoms with Gasteiger partial charge in [-0.3, -0.25) is 4.79 Å². The van der Waals surface area contributed by atoms with Crippen molar-refractivity contribution in [2.24, 2.45) is 0 Å². The molecule has 1 aromatic heterocycles. The molecule has 1 aliphatic carbocycles. The molecule has 28 heavy (non-hydrogen) atoms. The first-order chi connectivity index (χ1) is 13.5. The molecule has 2 aromatic rings. The fraction of sp³-hybridized carbons (Fsp3) is 0.409. The van der Waals surface area contributed by atoms with Gasteiger partial charge >= 0.3 is 0 Å². The second-order valence-electron chi connectivity index (χ2n) is 7.37. The van der Waals surface area contributed by atoms with Gasteiger partial charge in [0.15, 0.2) is 0 Å². The van der Waals surface area contributed by atoms with Crippen LogP contribution in [0.1, 0.15) is 48.4 Å². The third kappa shape index (κ3) is 5.55. The number of hydrogen-bond acceptors (Lipinski definition) is 5. The van der Waals surface area contributed by atoms with Gasteiger partial charge in [0.1, 0.15) is 17.3 Å². The lowest BCUT2D eigenvalue weighted by Gasteiger charge is -2.14. The molecule has 1 aliphatic rings. The zero-order valence-electron chi connectivity index (χ0n) is 17.0. The highest BCUT2D eigenvalue weighted by Crippen LogP contribution is 2.20. The predicted octanol–water partition coefficient (Wildman–Crippen LogP) is 4.21. The van der Waals surface area contributed by atoms with E-state index >= 15 is 0 Å². The summed E-state index contributed by atoms with van der Waals surface area (Å²) in [5.74, 6) is 1.02. The van der Waals surface area contributed by atoms with Crippen molar-refractivity contribution in [3.8, 4) is 0 Å². The Morgan fingerprint density at radius 2 is 1.93 bits per heavy atom. The van der Waals surface area contributed by atoms with E-state index in [2.05, 4.69) is 26.7 Å². The Morgan fingerprint density at radius 3 is 2.61 bits per heavy atom. The van der Waals surface area contributed by atoms with Crippen LogP contribution in [0.3, 0.4) is 0 Å². The van der Waals surface area contributed by atoms with Crippen LogP contribution in [0.25, 0.3) is 0 Å². The molecule has 6 nitrogen and oxygen atoms in total. The minimum absolute atomic E-state index is 0.159. The predicted molar refractivity (Wildman–Crippen MR) is 114 cm³/mol. The molecule has 1 aromatic carbocycles. The van der Waals surface area contributed by atoms with Crippen LogP contribution in [0.4, 0.5) is 17.2 Å². The van der Waals surface area contributed by atoms with Crippen LogP contribution >= 0.6 is 0 Å². The number of aromatic nitrogens is 2. The standard InChI is InChI=1S/C22H29N5O/c1-16-24-20(22(28)23-14-13-17-7-5-4-6-8-17)15-21(25-16)26-18-9-11-19(12-10-18)27(2)3/h7,9-12,15H,4-6,8,13-14H2,1-3H3,(H,23,28)(H,24,25,26). The maximum Gasteiger partial charge on any atom is 0.270 e. The van der Waals surface area contributed by atoms with E-state index in [4.69, 9.17) is 0 Å². The molecule has 6 heteroatoms. The molecule has 1 amide bonds. The van der Waals surface area contributed by atoms with Crippen LogP contribution in [0.5, 0.6) is 0 Å². The average Bonchev–Trinajstić information content (AvgIpc) is 2.68. The average molecular weight is 380 g/mol. The first-order valence-electron chi connectivity index (χ1n) is 9.87. The maximum atomic E-state index is 12.5. The summed E-state index contributed by atoms with van der Waals surface area (Å²) in [5, 5.41) is 6.24. The van der Waals surface area contributed by atoms with E-state index in [0.29, 0.717) is 23.9 Å². The topological polar surface area (TPSA) is 70.2 Å². The smallest absolute Gasteiger partial charge is 0.270 e. The van der Waals surface area contributed by atoms with Gasteiger partial charge in [-0.05, 0) is 63.3 Å². The first kappa shape index (κ1) is 19.9. The summed E-state index contributed by atoms with van der Waals surface area (Å²) in [6.45, 7) is 2.44. The molecule has 0 unspecified atom stereocenters. The Morgan fingerprint density at radius 1 is 1.14 bits per heavy atom. The Balaban J connectivity index is 1.61. The van der Waals surface area contributed by atoms with Crippen molar-refractivity contribution in [1.29, 1.82) is 0 Å². The molecule has 0 radical (unpaired) electrons. The van der Waals surface area contributed by atoms with E-state index in [9.17, 15) is 4.79 Å². The Hall–Kier alpha value is -2.89. The van der Waals surface area contributed by atoms with Gasteiger partial charge in [0.2, 0.25) is 0 Å². The Bertz CT molecular complexity index is 843. The number of nitrogens with one attached hydrogen (secondary N) is 2. The van der Waals surface area contributed by atoms with Crippen LogP contribution < -0.4 is 15.5 Å². The van der Waals surface area contributed by atoms with Crippen LogP contribution in [0, 0.1) is 6.92 Å². The van der Waals surface area contributed by atoms with Gasteiger partial charge in [0.05, 0.1) is 0 Å². The van der Waals surface area contributed by atoms with E-state index in [1.54, 1.807) is 13.0 Å². The Kier molecular flexibility index (Phi) is 6.63. The molecule has 0 saturated heterocycles. The summed E-state index contributed by atoms with van der Waals surface area (Å²) in [7, 11) is 4.01. The van der Waals surface area contributed by atoms with Gasteiger partial charge in [-0.2, -0.15) is 0 Å². The number of nitrogens with zero attached hydrogens (tertiary/aromatic N) is 3. The number of rotatable bonds is 7. The zero-order chi connectivity index (χ0) is 19.9. The van der Waals surface area contributed by atoms with Crippen LogP contribution in [0.15, 0.2) is 42.0 Å². The van der Waals surface area contributed by atoms with Gasteiger partial charge in [-0.25, -0.2) is 9.97 Å². The van der Waals surface area contributed by atoms with Crippen LogP contribution in [0.2, 0.25) is 0 Å². The summed E-state index contributed by atoms with van der Waals surface area (Å²) in [4.78, 5) is 23.2. The van der Waals surface area contributed by atoms with Crippen molar-refractivity contribution >= 4 is 23.1 Å². The van der Waals surface area contributed by atoms with Gasteiger partial charge < -0.3 is 15.5 Å². The fourth-order valence-electron chi connectivity index (χ4n) is 3.30. The maximum absolute atomic E-state index is 12.5. The molecule has 0 atom stereocenters. The number of carbonyl (C=O) groups is 1. The van der Waals surface area contributed by atoms with Crippen LogP contribution in [-0.4, -0.2) is 36.5 Å². The number of allylic oxidation sites excluding steroid dienone is 1. The fourth-order valence-corrected chi connectivity index (χ4v) is 3.30. The highest BCUT2D eigenvalue weighted by Gasteiger charge is 2.11. The molecule has 2 N–H and O–H groups in total. The molecular weight excluding hydrogens is 350 g/mol. The lowest BCUT2D eigenvalue weighted by Crippen LogP contribution is -2.26. The van der Waals surface area contributed by atoms with Crippen molar-refractivity contribution in [2.45, 2.75) is 39.0 Å². The summed E-state index contributed by atoms with van der Waals surface area (Å²) in [6, 6.07) is 9.74. The summed E-state index contributed by atoms with van der Waals surface area (Å²) in [5.41, 5.74) is 3.88. The highest BCUT2D eigenvalue weighted by atomic mass is 16.1. The second kappa shape index (κ2) is 9.35. The number of amides is 1. The number of aryl methyl sites for hydroxylation is 1. The first-order valence-corrected chi connectivity index (χ1v) is 9.87. The van der Waals surface area contributed by atoms with E-state index in [1.165, 1.54) is 24.8 Å². The van der Waals surface area contributed by atoms with Crippen molar-refractivity contribution in [3.63, 3.8) is 0 Å². The summed E-state index contributed by atoms with van der Waals surface area (Å²) < 4.78 is 0. The molecule has 148 valence electrons. The number of benzene rings is 1. The number of carbonyl (C=O) groups excluding carboxylic acids is 1. The van der Waals surface area contributed by atoms with Gasteiger partial charge in [-0.15, -0.1) is 0 Å². The lowest BCUT2D eigenvalue weighted by atomic mass is 9.97. The van der Waals surface area contributed by atoms with E-state index in [-0.39, 0.29) is 5.91 Å². The number of hydrogen-bond donors (Lipinski definition) is 2. The monoisotopic (exact) mass is 379 g/mol. The van der Waals surface area contributed by atoms with E-state index in [1.807, 2.05) is 43.3 Å². The highest BCUT2D eigenvalue weighted by molar-refractivity contribution is 5.93. The second-order valence-corrected chi connectivity index (χ2v) is 7.37. The third-order valence-electron chi connectivity index (χ3n) is 4.84. The molecular formula is C22H29N5O. The van der Waals surface area contributed by atoms with Gasteiger partial charge in [0.25, 0.3) is 5.91 Å². The molecule has 3 rings (SSSR count). The van der Waals surface area contributed by atoms with Gasteiger partial charge in [0, 0.05) is 38.1 Å². The molecule has 0 fully saturated rings.